The Kier molecular flexibility index (Phi) is 4.93. The number of para-hydroxylation sites is 1. The Morgan fingerprint density at radius 3 is 2.08 bits per heavy atom. The summed E-state index contributed by atoms with van der Waals surface area (Å²) in [6, 6.07) is 9.61. The van der Waals surface area contributed by atoms with Gasteiger partial charge in [-0.05, 0) is 26.0 Å². The molecule has 2 nitrogen and oxygen atoms in total. The van der Waals surface area contributed by atoms with E-state index in [0.29, 0.717) is 0 Å². The largest absolute Gasteiger partial charge is 0.288 e. The van der Waals surface area contributed by atoms with Crippen LogP contribution in [0.25, 0.3) is 0 Å². The molecule has 1 N–H and O–H groups in total. The van der Waals surface area contributed by atoms with Crippen molar-refractivity contribution in [1.29, 1.82) is 0 Å². The number of hydroxylamine groups is 1. The molecule has 0 heterocycles. The number of hydrogen-bond donors (Lipinski definition) is 1. The first-order valence-corrected chi connectivity index (χ1v) is 3.75. The van der Waals surface area contributed by atoms with Crippen molar-refractivity contribution < 1.29 is 5.21 Å². The molecule has 0 radical (unpaired) electrons. The van der Waals surface area contributed by atoms with Gasteiger partial charge < -0.3 is 0 Å². The molecule has 0 aliphatic rings. The Hall–Kier alpha value is -0.540. The average molecular weight is 232 g/mol. The lowest BCUT2D eigenvalue weighted by atomic mass is 10.3. The van der Waals surface area contributed by atoms with Gasteiger partial charge in [-0.2, -0.15) is 0 Å². The molecule has 0 bridgehead atoms. The van der Waals surface area contributed by atoms with E-state index >= 15 is 0 Å². The Morgan fingerprint density at radius 2 is 1.67 bits per heavy atom. The van der Waals surface area contributed by atoms with E-state index in [4.69, 9.17) is 0 Å². The molecular formula is C9H14BrNO. The predicted octanol–water partition coefficient (Wildman–Crippen LogP) is 2.87. The summed E-state index contributed by atoms with van der Waals surface area (Å²) in [6.45, 7) is 3.88. The summed E-state index contributed by atoms with van der Waals surface area (Å²) in [5, 5.41) is 10.7. The highest BCUT2D eigenvalue weighted by Crippen LogP contribution is 2.12. The zero-order valence-electron chi connectivity index (χ0n) is 7.27. The van der Waals surface area contributed by atoms with Crippen LogP contribution < -0.4 is 5.06 Å². The summed E-state index contributed by atoms with van der Waals surface area (Å²) in [6.07, 6.45) is 0. The number of rotatable bonds is 2. The lowest BCUT2D eigenvalue weighted by molar-refractivity contribution is 0.229. The summed E-state index contributed by atoms with van der Waals surface area (Å²) in [5.41, 5.74) is 0.836. The maximum Gasteiger partial charge on any atom is 0.0637 e. The van der Waals surface area contributed by atoms with E-state index in [1.165, 1.54) is 5.06 Å². The van der Waals surface area contributed by atoms with Gasteiger partial charge in [-0.15, -0.1) is 17.0 Å². The molecule has 68 valence electrons. The van der Waals surface area contributed by atoms with Crippen molar-refractivity contribution in [3.63, 3.8) is 0 Å². The van der Waals surface area contributed by atoms with Crippen molar-refractivity contribution in [1.82, 2.24) is 0 Å². The number of benzene rings is 1. The smallest absolute Gasteiger partial charge is 0.0637 e. The predicted molar refractivity (Wildman–Crippen MR) is 56.2 cm³/mol. The molecule has 0 saturated heterocycles. The van der Waals surface area contributed by atoms with Crippen molar-refractivity contribution in [2.24, 2.45) is 0 Å². The van der Waals surface area contributed by atoms with Crippen LogP contribution in [0.2, 0.25) is 0 Å². The molecule has 1 aromatic rings. The van der Waals surface area contributed by atoms with Crippen LogP contribution in [0.3, 0.4) is 0 Å². The molecule has 12 heavy (non-hydrogen) atoms. The molecule has 0 aliphatic carbocycles. The van der Waals surface area contributed by atoms with Gasteiger partial charge in [0.05, 0.1) is 11.7 Å². The molecule has 0 saturated carbocycles. The standard InChI is InChI=1S/C9H13NO.BrH/c1-8(2)10(11)9-6-4-3-5-7-9;/h3-8,11H,1-2H3;1H. The van der Waals surface area contributed by atoms with E-state index in [9.17, 15) is 5.21 Å². The van der Waals surface area contributed by atoms with Crippen molar-refractivity contribution in [3.05, 3.63) is 30.3 Å². The van der Waals surface area contributed by atoms with E-state index in [2.05, 4.69) is 0 Å². The highest BCUT2D eigenvalue weighted by molar-refractivity contribution is 8.93. The fourth-order valence-corrected chi connectivity index (χ4v) is 0.879. The lowest BCUT2D eigenvalue weighted by Gasteiger charge is -2.20. The highest BCUT2D eigenvalue weighted by atomic mass is 79.9. The molecule has 3 heteroatoms. The van der Waals surface area contributed by atoms with Gasteiger partial charge in [-0.3, -0.25) is 10.3 Å². The van der Waals surface area contributed by atoms with Crippen molar-refractivity contribution in [3.8, 4) is 0 Å². The second-order valence-corrected chi connectivity index (χ2v) is 2.77. The van der Waals surface area contributed by atoms with Crippen LogP contribution in [0.5, 0.6) is 0 Å². The molecule has 0 aromatic heterocycles. The second-order valence-electron chi connectivity index (χ2n) is 2.77. The number of nitrogens with zero attached hydrogens (tertiary/aromatic N) is 1. The number of anilines is 1. The fraction of sp³-hybridized carbons (Fsp3) is 0.333. The molecule has 0 amide bonds. The summed E-state index contributed by atoms with van der Waals surface area (Å²) in [4.78, 5) is 0. The third-order valence-corrected chi connectivity index (χ3v) is 1.51. The van der Waals surface area contributed by atoms with Gasteiger partial charge in [-0.1, -0.05) is 18.2 Å². The molecule has 1 rings (SSSR count). The average Bonchev–Trinajstić information content (AvgIpc) is 2.05. The minimum atomic E-state index is 0. The van der Waals surface area contributed by atoms with Gasteiger partial charge >= 0.3 is 0 Å². The van der Waals surface area contributed by atoms with Crippen LogP contribution >= 0.6 is 17.0 Å². The van der Waals surface area contributed by atoms with Crippen LogP contribution in [0.15, 0.2) is 30.3 Å². The fourth-order valence-electron chi connectivity index (χ4n) is 0.879. The Morgan fingerprint density at radius 1 is 1.17 bits per heavy atom. The van der Waals surface area contributed by atoms with Crippen molar-refractivity contribution >= 4 is 22.7 Å². The number of halogens is 1. The third kappa shape index (κ3) is 2.83. The molecule has 0 aliphatic heterocycles. The molecule has 0 fully saturated rings. The van der Waals surface area contributed by atoms with Crippen LogP contribution in [0.4, 0.5) is 5.69 Å². The summed E-state index contributed by atoms with van der Waals surface area (Å²) in [5.74, 6) is 0. The van der Waals surface area contributed by atoms with Gasteiger partial charge in [0.2, 0.25) is 0 Å². The summed E-state index contributed by atoms with van der Waals surface area (Å²) < 4.78 is 0. The lowest BCUT2D eigenvalue weighted by Crippen LogP contribution is -2.26. The highest BCUT2D eigenvalue weighted by Gasteiger charge is 2.04. The van der Waals surface area contributed by atoms with Crippen LogP contribution in [0.1, 0.15) is 13.8 Å². The molecule has 0 atom stereocenters. The van der Waals surface area contributed by atoms with Crippen molar-refractivity contribution in [2.45, 2.75) is 19.9 Å². The van der Waals surface area contributed by atoms with Gasteiger partial charge in [0.15, 0.2) is 0 Å². The van der Waals surface area contributed by atoms with E-state index in [1.807, 2.05) is 44.2 Å². The first-order chi connectivity index (χ1) is 5.22. The first-order valence-electron chi connectivity index (χ1n) is 3.75. The zero-order chi connectivity index (χ0) is 8.27. The minimum Gasteiger partial charge on any atom is -0.288 e. The summed E-state index contributed by atoms with van der Waals surface area (Å²) in [7, 11) is 0. The second kappa shape index (κ2) is 5.17. The van der Waals surface area contributed by atoms with Gasteiger partial charge in [0.1, 0.15) is 0 Å². The van der Waals surface area contributed by atoms with E-state index in [0.717, 1.165) is 5.69 Å². The minimum absolute atomic E-state index is 0. The van der Waals surface area contributed by atoms with Crippen molar-refractivity contribution in [2.75, 3.05) is 5.06 Å². The normalized spacial score (nSPS) is 9.33. The summed E-state index contributed by atoms with van der Waals surface area (Å²) >= 11 is 0. The zero-order valence-corrected chi connectivity index (χ0v) is 8.98. The van der Waals surface area contributed by atoms with Crippen LogP contribution in [0, 0.1) is 0 Å². The third-order valence-electron chi connectivity index (χ3n) is 1.51. The van der Waals surface area contributed by atoms with E-state index in [-0.39, 0.29) is 23.0 Å². The quantitative estimate of drug-likeness (QED) is 0.792. The Labute approximate surface area is 83.5 Å². The van der Waals surface area contributed by atoms with Gasteiger partial charge in [0.25, 0.3) is 0 Å². The van der Waals surface area contributed by atoms with Gasteiger partial charge in [0, 0.05) is 0 Å². The van der Waals surface area contributed by atoms with E-state index in [1.54, 1.807) is 0 Å². The molecule has 0 unspecified atom stereocenters. The Balaban J connectivity index is 0.00000121. The van der Waals surface area contributed by atoms with Crippen LogP contribution in [-0.4, -0.2) is 11.2 Å². The first kappa shape index (κ1) is 11.5. The molecular weight excluding hydrogens is 218 g/mol. The monoisotopic (exact) mass is 231 g/mol. The molecule has 1 aromatic carbocycles. The number of hydrogen-bond acceptors (Lipinski definition) is 2. The maximum atomic E-state index is 9.43. The Bertz CT molecular complexity index is 213. The van der Waals surface area contributed by atoms with Gasteiger partial charge in [-0.25, -0.2) is 0 Å². The molecule has 0 spiro atoms. The SMILES string of the molecule is Br.CC(C)N(O)c1ccccc1. The van der Waals surface area contributed by atoms with Crippen LogP contribution in [-0.2, 0) is 0 Å². The maximum absolute atomic E-state index is 9.43. The van der Waals surface area contributed by atoms with E-state index < -0.39 is 0 Å². The topological polar surface area (TPSA) is 23.5 Å².